The molecular weight excluding hydrogens is 432 g/mol. The van der Waals surface area contributed by atoms with E-state index in [4.69, 9.17) is 16.0 Å². The Morgan fingerprint density at radius 1 is 1.12 bits per heavy atom. The van der Waals surface area contributed by atoms with Crippen LogP contribution in [0.1, 0.15) is 43.3 Å². The zero-order chi connectivity index (χ0) is 22.7. The van der Waals surface area contributed by atoms with E-state index in [0.717, 1.165) is 18.5 Å². The van der Waals surface area contributed by atoms with Crippen LogP contribution in [0.5, 0.6) is 0 Å². The van der Waals surface area contributed by atoms with Gasteiger partial charge in [0.1, 0.15) is 5.82 Å². The predicted molar refractivity (Wildman–Crippen MR) is 121 cm³/mol. The van der Waals surface area contributed by atoms with E-state index in [1.807, 2.05) is 30.3 Å². The summed E-state index contributed by atoms with van der Waals surface area (Å²) in [6.07, 6.45) is 2.74. The van der Waals surface area contributed by atoms with Crippen LogP contribution in [0.2, 0.25) is 0 Å². The number of benzene rings is 1. The maximum absolute atomic E-state index is 12.4. The number of hydrogen-bond acceptors (Lipinski definition) is 7. The monoisotopic (exact) mass is 458 g/mol. The van der Waals surface area contributed by atoms with Crippen molar-refractivity contribution < 1.29 is 12.9 Å². The van der Waals surface area contributed by atoms with Crippen molar-refractivity contribution in [3.8, 4) is 0 Å². The van der Waals surface area contributed by atoms with Crippen molar-refractivity contribution in [2.75, 3.05) is 18.4 Å². The third kappa shape index (κ3) is 5.14. The molecule has 1 aliphatic carbocycles. The fourth-order valence-corrected chi connectivity index (χ4v) is 5.36. The van der Waals surface area contributed by atoms with Gasteiger partial charge in [-0.25, -0.2) is 12.7 Å². The molecule has 11 nitrogen and oxygen atoms in total. The Morgan fingerprint density at radius 2 is 1.81 bits per heavy atom. The first-order valence-electron chi connectivity index (χ1n) is 10.3. The van der Waals surface area contributed by atoms with Crippen LogP contribution >= 0.6 is 0 Å². The molecule has 1 aromatic heterocycles. The molecule has 0 unspecified atom stereocenters. The predicted octanol–water partition coefficient (Wildman–Crippen LogP) is 1.34. The number of nitrogens with one attached hydrogen (secondary N) is 1. The van der Waals surface area contributed by atoms with Gasteiger partial charge in [-0.15, -0.1) is 0 Å². The van der Waals surface area contributed by atoms with E-state index in [1.165, 1.54) is 0 Å². The Morgan fingerprint density at radius 3 is 2.47 bits per heavy atom. The SMILES string of the molecule is C=C(N=C(N)N=C(N)c1noc(C2CCN(S(=O)(=O)C3CC3)CC2)n1)Nc1ccccc1. The molecule has 2 heterocycles. The number of aliphatic imine (C=N–C) groups is 2. The molecule has 12 heteroatoms. The van der Waals surface area contributed by atoms with E-state index in [2.05, 4.69) is 32.0 Å². The quantitative estimate of drug-likeness (QED) is 0.413. The lowest BCUT2D eigenvalue weighted by Gasteiger charge is -2.29. The van der Waals surface area contributed by atoms with Crippen molar-refractivity contribution in [1.82, 2.24) is 14.4 Å². The second-order valence-corrected chi connectivity index (χ2v) is 9.99. The summed E-state index contributed by atoms with van der Waals surface area (Å²) >= 11 is 0. The Balaban J connectivity index is 1.35. The molecule has 2 aromatic rings. The highest BCUT2D eigenvalue weighted by atomic mass is 32.2. The van der Waals surface area contributed by atoms with Crippen LogP contribution in [-0.2, 0) is 10.0 Å². The van der Waals surface area contributed by atoms with Gasteiger partial charge in [-0.1, -0.05) is 29.9 Å². The molecule has 170 valence electrons. The van der Waals surface area contributed by atoms with E-state index in [-0.39, 0.29) is 28.8 Å². The number of rotatable bonds is 7. The number of aromatic nitrogens is 2. The van der Waals surface area contributed by atoms with Gasteiger partial charge >= 0.3 is 0 Å². The maximum atomic E-state index is 12.4. The molecule has 2 fully saturated rings. The minimum atomic E-state index is -3.16. The molecule has 4 rings (SSSR count). The average molecular weight is 459 g/mol. The van der Waals surface area contributed by atoms with Gasteiger partial charge < -0.3 is 21.3 Å². The maximum Gasteiger partial charge on any atom is 0.237 e. The van der Waals surface area contributed by atoms with Crippen molar-refractivity contribution in [2.24, 2.45) is 21.5 Å². The summed E-state index contributed by atoms with van der Waals surface area (Å²) in [6, 6.07) is 9.38. The second-order valence-electron chi connectivity index (χ2n) is 7.78. The van der Waals surface area contributed by atoms with Gasteiger partial charge in [0.05, 0.1) is 5.25 Å². The highest BCUT2D eigenvalue weighted by Crippen LogP contribution is 2.35. The zero-order valence-electron chi connectivity index (χ0n) is 17.5. The lowest BCUT2D eigenvalue weighted by atomic mass is 9.98. The van der Waals surface area contributed by atoms with Crippen LogP contribution in [0.3, 0.4) is 0 Å². The highest BCUT2D eigenvalue weighted by molar-refractivity contribution is 7.90. The van der Waals surface area contributed by atoms with Crippen LogP contribution in [0.15, 0.2) is 57.2 Å². The summed E-state index contributed by atoms with van der Waals surface area (Å²) < 4.78 is 31.7. The van der Waals surface area contributed by atoms with Crippen molar-refractivity contribution in [3.63, 3.8) is 0 Å². The van der Waals surface area contributed by atoms with E-state index in [0.29, 0.717) is 37.6 Å². The number of para-hydroxylation sites is 1. The van der Waals surface area contributed by atoms with Crippen molar-refractivity contribution in [2.45, 2.75) is 36.9 Å². The molecule has 0 atom stereocenters. The summed E-state index contributed by atoms with van der Waals surface area (Å²) in [5.41, 5.74) is 12.6. The molecule has 5 N–H and O–H groups in total. The third-order valence-corrected chi connectivity index (χ3v) is 7.73. The number of piperidine rings is 1. The topological polar surface area (TPSA) is 165 Å². The van der Waals surface area contributed by atoms with Crippen LogP contribution in [0.4, 0.5) is 5.69 Å². The van der Waals surface area contributed by atoms with Gasteiger partial charge in [0, 0.05) is 24.7 Å². The Bertz CT molecular complexity index is 1130. The zero-order valence-corrected chi connectivity index (χ0v) is 18.3. The first-order chi connectivity index (χ1) is 15.3. The summed E-state index contributed by atoms with van der Waals surface area (Å²) in [5.74, 6) is 0.631. The minimum Gasteiger partial charge on any atom is -0.380 e. The molecule has 1 saturated heterocycles. The Kier molecular flexibility index (Phi) is 6.24. The van der Waals surface area contributed by atoms with Crippen LogP contribution in [-0.4, -0.2) is 53.0 Å². The van der Waals surface area contributed by atoms with Gasteiger partial charge in [-0.2, -0.15) is 15.0 Å². The third-order valence-electron chi connectivity index (χ3n) is 5.33. The normalized spacial score (nSPS) is 19.1. The summed E-state index contributed by atoms with van der Waals surface area (Å²) in [6.45, 7) is 4.68. The number of amidine groups is 1. The summed E-state index contributed by atoms with van der Waals surface area (Å²) in [7, 11) is -3.16. The number of nitrogens with two attached hydrogens (primary N) is 2. The number of nitrogens with zero attached hydrogens (tertiary/aromatic N) is 5. The van der Waals surface area contributed by atoms with Gasteiger partial charge in [-0.05, 0) is 37.8 Å². The van der Waals surface area contributed by atoms with Gasteiger partial charge in [-0.3, -0.25) is 0 Å². The van der Waals surface area contributed by atoms with Crippen molar-refractivity contribution in [1.29, 1.82) is 0 Å². The van der Waals surface area contributed by atoms with Crippen LogP contribution in [0.25, 0.3) is 0 Å². The molecule has 1 aromatic carbocycles. The molecule has 2 aliphatic rings. The lowest BCUT2D eigenvalue weighted by molar-refractivity contribution is 0.270. The molecular formula is C20H26N8O3S. The van der Waals surface area contributed by atoms with E-state index in [1.54, 1.807) is 4.31 Å². The number of anilines is 1. The fraction of sp³-hybridized carbons (Fsp3) is 0.400. The summed E-state index contributed by atoms with van der Waals surface area (Å²) in [5, 5.41) is 6.67. The average Bonchev–Trinajstić information content (AvgIpc) is 3.52. The standard InChI is InChI=1S/C20H26N8O3S/c1-13(23-15-5-3-2-4-6-15)24-20(22)25-17(21)18-26-19(31-27-18)14-9-11-28(12-10-14)32(29,30)16-7-8-16/h2-6,14,16,23H,1,7-12H2,(H4,21,22,24,25). The number of sulfonamides is 1. The highest BCUT2D eigenvalue weighted by Gasteiger charge is 2.41. The molecule has 0 radical (unpaired) electrons. The first-order valence-corrected chi connectivity index (χ1v) is 11.9. The summed E-state index contributed by atoms with van der Waals surface area (Å²) in [4.78, 5) is 12.4. The smallest absolute Gasteiger partial charge is 0.237 e. The fourth-order valence-electron chi connectivity index (χ4n) is 3.49. The molecule has 0 amide bonds. The van der Waals surface area contributed by atoms with Gasteiger partial charge in [0.2, 0.25) is 27.7 Å². The van der Waals surface area contributed by atoms with E-state index in [9.17, 15) is 8.42 Å². The largest absolute Gasteiger partial charge is 0.380 e. The van der Waals surface area contributed by atoms with E-state index < -0.39 is 10.0 Å². The molecule has 0 bridgehead atoms. The Hall–Kier alpha value is -3.25. The molecule has 1 aliphatic heterocycles. The van der Waals surface area contributed by atoms with Crippen LogP contribution < -0.4 is 16.8 Å². The molecule has 0 spiro atoms. The lowest BCUT2D eigenvalue weighted by Crippen LogP contribution is -2.39. The van der Waals surface area contributed by atoms with Crippen molar-refractivity contribution >= 4 is 27.5 Å². The number of hydrogen-bond donors (Lipinski definition) is 3. The minimum absolute atomic E-state index is 0.0319. The second kappa shape index (κ2) is 9.09. The van der Waals surface area contributed by atoms with Crippen molar-refractivity contribution in [3.05, 3.63) is 54.4 Å². The van der Waals surface area contributed by atoms with Gasteiger partial charge in [0.25, 0.3) is 0 Å². The van der Waals surface area contributed by atoms with Crippen LogP contribution in [0, 0.1) is 0 Å². The Labute approximate surface area is 186 Å². The van der Waals surface area contributed by atoms with Gasteiger partial charge in [0.15, 0.2) is 5.84 Å². The molecule has 32 heavy (non-hydrogen) atoms. The van der Waals surface area contributed by atoms with E-state index >= 15 is 0 Å². The first kappa shape index (κ1) is 22.0. The number of guanidine groups is 1. The molecule has 1 saturated carbocycles.